The lowest BCUT2D eigenvalue weighted by atomic mass is 9.94. The number of nitro benzene ring substituents is 1. The van der Waals surface area contributed by atoms with Crippen LogP contribution in [0.4, 0.5) is 5.69 Å². The smallest absolute Gasteiger partial charge is 0.269 e. The summed E-state index contributed by atoms with van der Waals surface area (Å²) in [6, 6.07) is 4.40. The molecule has 1 amide bonds. The van der Waals surface area contributed by atoms with E-state index < -0.39 is 4.92 Å². The third kappa shape index (κ3) is 3.58. The van der Waals surface area contributed by atoms with Gasteiger partial charge in [0.15, 0.2) is 0 Å². The van der Waals surface area contributed by atoms with Crippen LogP contribution in [-0.4, -0.2) is 35.4 Å². The van der Waals surface area contributed by atoms with Crippen LogP contribution >= 0.6 is 0 Å². The van der Waals surface area contributed by atoms with Crippen LogP contribution in [-0.2, 0) is 0 Å². The lowest BCUT2D eigenvalue weighted by molar-refractivity contribution is -0.384. The Labute approximate surface area is 124 Å². The predicted molar refractivity (Wildman–Crippen MR) is 80.1 cm³/mol. The number of nitro groups is 1. The summed E-state index contributed by atoms with van der Waals surface area (Å²) in [6.45, 7) is 3.85. The topological polar surface area (TPSA) is 89.5 Å². The number of nitrogens with two attached hydrogens (primary N) is 1. The number of piperidine rings is 1. The first-order valence-corrected chi connectivity index (χ1v) is 7.27. The molecule has 0 spiro atoms. The van der Waals surface area contributed by atoms with E-state index in [1.165, 1.54) is 12.1 Å². The molecule has 1 aromatic rings. The third-order valence-electron chi connectivity index (χ3n) is 4.03. The highest BCUT2D eigenvalue weighted by atomic mass is 16.6. The highest BCUT2D eigenvalue weighted by Gasteiger charge is 2.25. The Morgan fingerprint density at radius 3 is 2.90 bits per heavy atom. The average Bonchev–Trinajstić information content (AvgIpc) is 2.47. The number of benzene rings is 1. The van der Waals surface area contributed by atoms with Crippen LogP contribution < -0.4 is 5.73 Å². The van der Waals surface area contributed by atoms with Crippen molar-refractivity contribution in [3.63, 3.8) is 0 Å². The lowest BCUT2D eigenvalue weighted by Crippen LogP contribution is -2.40. The minimum absolute atomic E-state index is 0.0173. The maximum atomic E-state index is 12.6. The third-order valence-corrected chi connectivity index (χ3v) is 4.03. The van der Waals surface area contributed by atoms with Gasteiger partial charge in [0.25, 0.3) is 11.6 Å². The zero-order valence-corrected chi connectivity index (χ0v) is 12.2. The summed E-state index contributed by atoms with van der Waals surface area (Å²) in [4.78, 5) is 24.7. The van der Waals surface area contributed by atoms with E-state index in [9.17, 15) is 14.9 Å². The van der Waals surface area contributed by atoms with Crippen molar-refractivity contribution >= 4 is 11.6 Å². The van der Waals surface area contributed by atoms with E-state index >= 15 is 0 Å². The van der Waals surface area contributed by atoms with Gasteiger partial charge in [-0.25, -0.2) is 0 Å². The minimum atomic E-state index is -0.445. The number of hydrogen-bond donors (Lipinski definition) is 1. The van der Waals surface area contributed by atoms with Gasteiger partial charge in [0.1, 0.15) is 0 Å². The van der Waals surface area contributed by atoms with Crippen LogP contribution in [0.25, 0.3) is 0 Å². The van der Waals surface area contributed by atoms with Gasteiger partial charge in [-0.1, -0.05) is 0 Å². The number of carbonyl (C=O) groups is 1. The molecule has 21 heavy (non-hydrogen) atoms. The fourth-order valence-electron chi connectivity index (χ4n) is 2.89. The maximum absolute atomic E-state index is 12.6. The molecule has 1 aliphatic heterocycles. The summed E-state index contributed by atoms with van der Waals surface area (Å²) >= 11 is 0. The standard InChI is InChI=1S/C15H21N3O3/c1-11-9-13(18(20)21)4-5-14(11)15(19)17-8-2-3-12(10-17)6-7-16/h4-5,9,12H,2-3,6-8,10,16H2,1H3. The molecule has 0 bridgehead atoms. The molecule has 6 heteroatoms. The molecule has 6 nitrogen and oxygen atoms in total. The molecule has 1 fully saturated rings. The molecule has 1 heterocycles. The van der Waals surface area contributed by atoms with Gasteiger partial charge in [0.05, 0.1) is 4.92 Å². The van der Waals surface area contributed by atoms with Crippen LogP contribution in [0.1, 0.15) is 35.2 Å². The SMILES string of the molecule is Cc1cc([N+](=O)[O-])ccc1C(=O)N1CCCC(CCN)C1. The van der Waals surface area contributed by atoms with Gasteiger partial charge in [0, 0.05) is 30.8 Å². The quantitative estimate of drug-likeness (QED) is 0.679. The van der Waals surface area contributed by atoms with Crippen molar-refractivity contribution in [1.82, 2.24) is 4.90 Å². The number of likely N-dealkylation sites (tertiary alicyclic amines) is 1. The van der Waals surface area contributed by atoms with Gasteiger partial charge in [-0.05, 0) is 50.3 Å². The first-order valence-electron chi connectivity index (χ1n) is 7.27. The predicted octanol–water partition coefficient (Wildman–Crippen LogP) is 2.10. The molecule has 1 atom stereocenters. The highest BCUT2D eigenvalue weighted by molar-refractivity contribution is 5.96. The maximum Gasteiger partial charge on any atom is 0.269 e. The molecular weight excluding hydrogens is 270 g/mol. The van der Waals surface area contributed by atoms with Crippen molar-refractivity contribution in [3.8, 4) is 0 Å². The molecule has 0 aromatic heterocycles. The van der Waals surface area contributed by atoms with E-state index in [0.29, 0.717) is 23.6 Å². The van der Waals surface area contributed by atoms with Crippen LogP contribution in [0.2, 0.25) is 0 Å². The molecule has 1 saturated heterocycles. The van der Waals surface area contributed by atoms with Crippen molar-refractivity contribution in [2.24, 2.45) is 11.7 Å². The van der Waals surface area contributed by atoms with E-state index in [4.69, 9.17) is 5.73 Å². The number of amides is 1. The second-order valence-electron chi connectivity index (χ2n) is 5.59. The lowest BCUT2D eigenvalue weighted by Gasteiger charge is -2.33. The fraction of sp³-hybridized carbons (Fsp3) is 0.533. The van der Waals surface area contributed by atoms with E-state index in [-0.39, 0.29) is 11.6 Å². The van der Waals surface area contributed by atoms with Crippen LogP contribution in [0.5, 0.6) is 0 Å². The molecule has 2 rings (SSSR count). The number of nitrogens with zero attached hydrogens (tertiary/aromatic N) is 2. The van der Waals surface area contributed by atoms with Crippen molar-refractivity contribution < 1.29 is 9.72 Å². The zero-order chi connectivity index (χ0) is 15.4. The molecule has 0 radical (unpaired) electrons. The van der Waals surface area contributed by atoms with Gasteiger partial charge in [-0.3, -0.25) is 14.9 Å². The number of non-ortho nitro benzene ring substituents is 1. The fourth-order valence-corrected chi connectivity index (χ4v) is 2.89. The Hall–Kier alpha value is -1.95. The van der Waals surface area contributed by atoms with E-state index in [1.54, 1.807) is 13.0 Å². The van der Waals surface area contributed by atoms with Crippen LogP contribution in [0.3, 0.4) is 0 Å². The van der Waals surface area contributed by atoms with Crippen molar-refractivity contribution in [2.45, 2.75) is 26.2 Å². The largest absolute Gasteiger partial charge is 0.338 e. The Morgan fingerprint density at radius 2 is 2.29 bits per heavy atom. The van der Waals surface area contributed by atoms with Gasteiger partial charge in [-0.2, -0.15) is 0 Å². The summed E-state index contributed by atoms with van der Waals surface area (Å²) in [5.74, 6) is 0.426. The highest BCUT2D eigenvalue weighted by Crippen LogP contribution is 2.23. The second kappa shape index (κ2) is 6.67. The van der Waals surface area contributed by atoms with Crippen molar-refractivity contribution in [1.29, 1.82) is 0 Å². The molecular formula is C15H21N3O3. The van der Waals surface area contributed by atoms with Crippen LogP contribution in [0, 0.1) is 23.0 Å². The number of carbonyl (C=O) groups excluding carboxylic acids is 1. The summed E-state index contributed by atoms with van der Waals surface area (Å²) in [5.41, 5.74) is 6.81. The Balaban J connectivity index is 2.14. The molecule has 2 N–H and O–H groups in total. The second-order valence-corrected chi connectivity index (χ2v) is 5.59. The summed E-state index contributed by atoms with van der Waals surface area (Å²) < 4.78 is 0. The van der Waals surface area contributed by atoms with Gasteiger partial charge in [-0.15, -0.1) is 0 Å². The van der Waals surface area contributed by atoms with E-state index in [0.717, 1.165) is 32.4 Å². The van der Waals surface area contributed by atoms with E-state index in [1.807, 2.05) is 4.90 Å². The van der Waals surface area contributed by atoms with Crippen LogP contribution in [0.15, 0.2) is 18.2 Å². The molecule has 1 unspecified atom stereocenters. The average molecular weight is 291 g/mol. The first kappa shape index (κ1) is 15.4. The zero-order valence-electron chi connectivity index (χ0n) is 12.2. The molecule has 114 valence electrons. The summed E-state index contributed by atoms with van der Waals surface area (Å²) in [7, 11) is 0. The normalized spacial score (nSPS) is 18.6. The molecule has 0 saturated carbocycles. The summed E-state index contributed by atoms with van der Waals surface area (Å²) in [5, 5.41) is 10.7. The molecule has 0 aliphatic carbocycles. The number of hydrogen-bond acceptors (Lipinski definition) is 4. The molecule has 1 aromatic carbocycles. The molecule has 1 aliphatic rings. The summed E-state index contributed by atoms with van der Waals surface area (Å²) in [6.07, 6.45) is 3.03. The Bertz CT molecular complexity index is 543. The van der Waals surface area contributed by atoms with Crippen molar-refractivity contribution in [2.75, 3.05) is 19.6 Å². The Kier molecular flexibility index (Phi) is 4.90. The van der Waals surface area contributed by atoms with E-state index in [2.05, 4.69) is 0 Å². The Morgan fingerprint density at radius 1 is 1.52 bits per heavy atom. The van der Waals surface area contributed by atoms with Gasteiger partial charge >= 0.3 is 0 Å². The van der Waals surface area contributed by atoms with Crippen molar-refractivity contribution in [3.05, 3.63) is 39.4 Å². The number of aryl methyl sites for hydroxylation is 1. The number of rotatable bonds is 4. The minimum Gasteiger partial charge on any atom is -0.338 e. The van der Waals surface area contributed by atoms with Gasteiger partial charge < -0.3 is 10.6 Å². The first-order chi connectivity index (χ1) is 10.0. The monoisotopic (exact) mass is 291 g/mol. The van der Waals surface area contributed by atoms with Gasteiger partial charge in [0.2, 0.25) is 0 Å².